The van der Waals surface area contributed by atoms with Crippen molar-refractivity contribution in [2.24, 2.45) is 0 Å². The number of halogens is 1. The number of rotatable bonds is 4. The lowest BCUT2D eigenvalue weighted by atomic mass is 10.1. The fourth-order valence-electron chi connectivity index (χ4n) is 4.16. The zero-order valence-electron chi connectivity index (χ0n) is 18.0. The van der Waals surface area contributed by atoms with Crippen LogP contribution in [0, 0.1) is 19.7 Å². The van der Waals surface area contributed by atoms with Gasteiger partial charge in [0.05, 0.1) is 42.4 Å². The number of ether oxygens (including phenoxy) is 1. The first kappa shape index (κ1) is 21.5. The summed E-state index contributed by atoms with van der Waals surface area (Å²) in [6, 6.07) is 6.05. The molecule has 2 aromatic rings. The highest BCUT2D eigenvalue weighted by molar-refractivity contribution is 5.96. The molecule has 4 rings (SSSR count). The number of hydrogen-bond acceptors (Lipinski definition) is 5. The predicted octanol–water partition coefficient (Wildman–Crippen LogP) is 1.24. The Labute approximate surface area is 181 Å². The smallest absolute Gasteiger partial charge is 0.257 e. The number of carbonyl (C=O) groups is 2. The molecule has 2 fully saturated rings. The maximum Gasteiger partial charge on any atom is 0.257 e. The van der Waals surface area contributed by atoms with E-state index in [1.807, 2.05) is 23.6 Å². The Hall–Kier alpha value is -2.78. The third kappa shape index (κ3) is 4.62. The van der Waals surface area contributed by atoms with Crippen LogP contribution < -0.4 is 0 Å². The minimum Gasteiger partial charge on any atom is -0.378 e. The molecule has 8 nitrogen and oxygen atoms in total. The number of morpholine rings is 1. The van der Waals surface area contributed by atoms with Crippen molar-refractivity contribution in [2.75, 3.05) is 59.0 Å². The van der Waals surface area contributed by atoms with E-state index in [9.17, 15) is 14.0 Å². The lowest BCUT2D eigenvalue weighted by Crippen LogP contribution is -2.52. The molecule has 0 aliphatic carbocycles. The standard InChI is InChI=1S/C22H28FN5O3/c1-16-21(17(2)28(24-16)19-5-3-18(23)4-6-19)22(30)27-9-7-25(8-10-27)15-20(29)26-11-13-31-14-12-26/h3-6H,7-15H2,1-2H3. The first-order valence-corrected chi connectivity index (χ1v) is 10.6. The van der Waals surface area contributed by atoms with Crippen LogP contribution in [0.25, 0.3) is 5.69 Å². The Morgan fingerprint density at radius 1 is 0.968 bits per heavy atom. The Morgan fingerprint density at radius 3 is 2.26 bits per heavy atom. The summed E-state index contributed by atoms with van der Waals surface area (Å²) >= 11 is 0. The van der Waals surface area contributed by atoms with E-state index in [0.717, 1.165) is 5.69 Å². The lowest BCUT2D eigenvalue weighted by molar-refractivity contribution is -0.136. The van der Waals surface area contributed by atoms with Crippen molar-refractivity contribution in [3.05, 3.63) is 47.0 Å². The van der Waals surface area contributed by atoms with Crippen LogP contribution in [0.5, 0.6) is 0 Å². The molecule has 9 heteroatoms. The Balaban J connectivity index is 1.38. The number of carbonyl (C=O) groups excluding carboxylic acids is 2. The van der Waals surface area contributed by atoms with Gasteiger partial charge in [-0.2, -0.15) is 5.10 Å². The van der Waals surface area contributed by atoms with Gasteiger partial charge in [-0.1, -0.05) is 0 Å². The molecule has 2 saturated heterocycles. The van der Waals surface area contributed by atoms with E-state index in [4.69, 9.17) is 4.74 Å². The maximum atomic E-state index is 13.3. The van der Waals surface area contributed by atoms with Gasteiger partial charge in [0.2, 0.25) is 5.91 Å². The van der Waals surface area contributed by atoms with Crippen molar-refractivity contribution in [3.8, 4) is 5.69 Å². The van der Waals surface area contributed by atoms with E-state index in [-0.39, 0.29) is 17.6 Å². The molecule has 1 aromatic carbocycles. The van der Waals surface area contributed by atoms with E-state index in [1.54, 1.807) is 16.8 Å². The molecule has 1 aromatic heterocycles. The van der Waals surface area contributed by atoms with Crippen LogP contribution in [0.2, 0.25) is 0 Å². The van der Waals surface area contributed by atoms with E-state index < -0.39 is 0 Å². The van der Waals surface area contributed by atoms with Crippen molar-refractivity contribution in [3.63, 3.8) is 0 Å². The molecule has 0 atom stereocenters. The first-order valence-electron chi connectivity index (χ1n) is 10.6. The van der Waals surface area contributed by atoms with E-state index in [0.29, 0.717) is 76.0 Å². The van der Waals surface area contributed by atoms with Crippen LogP contribution in [-0.4, -0.2) is 95.3 Å². The number of nitrogens with zero attached hydrogens (tertiary/aromatic N) is 5. The molecule has 166 valence electrons. The number of hydrogen-bond donors (Lipinski definition) is 0. The van der Waals surface area contributed by atoms with Gasteiger partial charge in [0, 0.05) is 39.3 Å². The monoisotopic (exact) mass is 429 g/mol. The number of benzene rings is 1. The second-order valence-corrected chi connectivity index (χ2v) is 8.00. The van der Waals surface area contributed by atoms with Gasteiger partial charge in [-0.25, -0.2) is 9.07 Å². The van der Waals surface area contributed by atoms with Gasteiger partial charge >= 0.3 is 0 Å². The summed E-state index contributed by atoms with van der Waals surface area (Å²) in [5.41, 5.74) is 2.69. The molecule has 2 amide bonds. The van der Waals surface area contributed by atoms with Gasteiger partial charge < -0.3 is 14.5 Å². The van der Waals surface area contributed by atoms with Gasteiger partial charge in [-0.3, -0.25) is 14.5 Å². The van der Waals surface area contributed by atoms with Crippen molar-refractivity contribution in [1.82, 2.24) is 24.5 Å². The van der Waals surface area contributed by atoms with Crippen molar-refractivity contribution in [1.29, 1.82) is 0 Å². The average molecular weight is 429 g/mol. The normalized spacial score (nSPS) is 17.8. The summed E-state index contributed by atoms with van der Waals surface area (Å²) in [6.07, 6.45) is 0. The SMILES string of the molecule is Cc1nn(-c2ccc(F)cc2)c(C)c1C(=O)N1CCN(CC(=O)N2CCOCC2)CC1. The lowest BCUT2D eigenvalue weighted by Gasteiger charge is -2.36. The van der Waals surface area contributed by atoms with E-state index in [1.165, 1.54) is 12.1 Å². The summed E-state index contributed by atoms with van der Waals surface area (Å²) in [7, 11) is 0. The quantitative estimate of drug-likeness (QED) is 0.732. The fraction of sp³-hybridized carbons (Fsp3) is 0.500. The number of aryl methyl sites for hydroxylation is 1. The summed E-state index contributed by atoms with van der Waals surface area (Å²) in [5, 5.41) is 4.51. The molecule has 3 heterocycles. The molecule has 0 unspecified atom stereocenters. The molecule has 0 spiro atoms. The molecule has 0 radical (unpaired) electrons. The van der Waals surface area contributed by atoms with Crippen LogP contribution >= 0.6 is 0 Å². The summed E-state index contributed by atoms with van der Waals surface area (Å²) in [5.74, 6) is -0.246. The molecule has 2 aliphatic heterocycles. The highest BCUT2D eigenvalue weighted by Gasteiger charge is 2.28. The Bertz CT molecular complexity index is 945. The minimum absolute atomic E-state index is 0.0532. The van der Waals surface area contributed by atoms with Gasteiger partial charge in [0.1, 0.15) is 5.82 Å². The largest absolute Gasteiger partial charge is 0.378 e. The Morgan fingerprint density at radius 2 is 1.61 bits per heavy atom. The summed E-state index contributed by atoms with van der Waals surface area (Å²) in [4.78, 5) is 31.5. The summed E-state index contributed by atoms with van der Waals surface area (Å²) < 4.78 is 20.2. The highest BCUT2D eigenvalue weighted by Crippen LogP contribution is 2.21. The number of amides is 2. The molecule has 0 bridgehead atoms. The zero-order valence-corrected chi connectivity index (χ0v) is 18.0. The highest BCUT2D eigenvalue weighted by atomic mass is 19.1. The van der Waals surface area contributed by atoms with Crippen LogP contribution in [0.15, 0.2) is 24.3 Å². The van der Waals surface area contributed by atoms with Crippen LogP contribution in [-0.2, 0) is 9.53 Å². The first-order chi connectivity index (χ1) is 14.9. The molecule has 0 saturated carbocycles. The molecular formula is C22H28FN5O3. The van der Waals surface area contributed by atoms with E-state index >= 15 is 0 Å². The van der Waals surface area contributed by atoms with Crippen LogP contribution in [0.3, 0.4) is 0 Å². The van der Waals surface area contributed by atoms with Gasteiger partial charge in [-0.05, 0) is 38.1 Å². The third-order valence-corrected chi connectivity index (χ3v) is 5.96. The second kappa shape index (κ2) is 9.15. The van der Waals surface area contributed by atoms with Crippen molar-refractivity contribution < 1.29 is 18.7 Å². The zero-order chi connectivity index (χ0) is 22.0. The predicted molar refractivity (Wildman–Crippen MR) is 113 cm³/mol. The topological polar surface area (TPSA) is 70.9 Å². The molecular weight excluding hydrogens is 401 g/mol. The van der Waals surface area contributed by atoms with E-state index in [2.05, 4.69) is 10.00 Å². The van der Waals surface area contributed by atoms with Gasteiger partial charge in [0.15, 0.2) is 0 Å². The van der Waals surface area contributed by atoms with Gasteiger partial charge in [-0.15, -0.1) is 0 Å². The Kier molecular flexibility index (Phi) is 6.33. The van der Waals surface area contributed by atoms with Gasteiger partial charge in [0.25, 0.3) is 5.91 Å². The van der Waals surface area contributed by atoms with Crippen LogP contribution in [0.1, 0.15) is 21.7 Å². The van der Waals surface area contributed by atoms with Crippen LogP contribution in [0.4, 0.5) is 4.39 Å². The molecule has 31 heavy (non-hydrogen) atoms. The third-order valence-electron chi connectivity index (χ3n) is 5.96. The average Bonchev–Trinajstić information content (AvgIpc) is 3.08. The maximum absolute atomic E-state index is 13.3. The minimum atomic E-state index is -0.313. The number of aromatic nitrogens is 2. The van der Waals surface area contributed by atoms with Crippen molar-refractivity contribution >= 4 is 11.8 Å². The van der Waals surface area contributed by atoms with Crippen molar-refractivity contribution in [2.45, 2.75) is 13.8 Å². The molecule has 0 N–H and O–H groups in total. The summed E-state index contributed by atoms with van der Waals surface area (Å²) in [6.45, 7) is 8.98. The fourth-order valence-corrected chi connectivity index (χ4v) is 4.16. The second-order valence-electron chi connectivity index (χ2n) is 8.00. The number of piperazine rings is 1. The molecule has 2 aliphatic rings.